The molecule has 5 nitrogen and oxygen atoms in total. The first kappa shape index (κ1) is 21.8. The molecule has 0 aliphatic carbocycles. The average Bonchev–Trinajstić information content (AvgIpc) is 3.28. The third-order valence-corrected chi connectivity index (χ3v) is 5.06. The van der Waals surface area contributed by atoms with E-state index in [9.17, 15) is 13.6 Å². The molecule has 0 aromatic heterocycles. The zero-order chi connectivity index (χ0) is 21.3. The van der Waals surface area contributed by atoms with E-state index >= 15 is 0 Å². The van der Waals surface area contributed by atoms with E-state index in [0.717, 1.165) is 42.8 Å². The molecule has 0 radical (unpaired) electrons. The fourth-order valence-corrected chi connectivity index (χ4v) is 3.55. The van der Waals surface area contributed by atoms with Crippen molar-refractivity contribution in [3.63, 3.8) is 0 Å². The van der Waals surface area contributed by atoms with Crippen molar-refractivity contribution in [3.8, 4) is 11.5 Å². The largest absolute Gasteiger partial charge is 0.497 e. The van der Waals surface area contributed by atoms with Crippen LogP contribution in [0.3, 0.4) is 0 Å². The smallest absolute Gasteiger partial charge is 0.387 e. The van der Waals surface area contributed by atoms with Gasteiger partial charge in [0.2, 0.25) is 5.91 Å². The van der Waals surface area contributed by atoms with Crippen molar-refractivity contribution in [1.82, 2.24) is 10.2 Å². The van der Waals surface area contributed by atoms with Gasteiger partial charge < -0.3 is 14.8 Å². The van der Waals surface area contributed by atoms with E-state index in [1.165, 1.54) is 18.2 Å². The molecule has 1 atom stereocenters. The van der Waals surface area contributed by atoms with Gasteiger partial charge in [0.1, 0.15) is 11.5 Å². The molecule has 0 bridgehead atoms. The molecule has 1 aliphatic heterocycles. The number of nitrogens with one attached hydrogen (secondary N) is 1. The van der Waals surface area contributed by atoms with Crippen LogP contribution < -0.4 is 14.8 Å². The summed E-state index contributed by atoms with van der Waals surface area (Å²) in [6, 6.07) is 14.1. The SMILES string of the molecule is COc1cccc([C@H](CNC(=O)/C=C/c2ccc(OC(F)F)cc2)N2CCCC2)c1. The van der Waals surface area contributed by atoms with Crippen LogP contribution in [0.1, 0.15) is 30.0 Å². The number of amides is 1. The fourth-order valence-electron chi connectivity index (χ4n) is 3.55. The van der Waals surface area contributed by atoms with Crippen molar-refractivity contribution in [2.24, 2.45) is 0 Å². The summed E-state index contributed by atoms with van der Waals surface area (Å²) in [7, 11) is 1.64. The number of halogens is 2. The number of likely N-dealkylation sites (tertiary alicyclic amines) is 1. The molecule has 0 spiro atoms. The molecule has 1 fully saturated rings. The lowest BCUT2D eigenvalue weighted by Crippen LogP contribution is -2.36. The monoisotopic (exact) mass is 416 g/mol. The number of rotatable bonds is 9. The Morgan fingerprint density at radius 1 is 1.13 bits per heavy atom. The lowest BCUT2D eigenvalue weighted by molar-refractivity contribution is -0.116. The summed E-state index contributed by atoms with van der Waals surface area (Å²) in [6.07, 6.45) is 5.38. The van der Waals surface area contributed by atoms with Gasteiger partial charge in [-0.2, -0.15) is 8.78 Å². The Kier molecular flexibility index (Phi) is 7.79. The Hall–Kier alpha value is -2.93. The van der Waals surface area contributed by atoms with E-state index in [-0.39, 0.29) is 17.7 Å². The third-order valence-electron chi connectivity index (χ3n) is 5.06. The van der Waals surface area contributed by atoms with Crippen LogP contribution in [0, 0.1) is 0 Å². The molecule has 1 saturated heterocycles. The van der Waals surface area contributed by atoms with Crippen molar-refractivity contribution in [3.05, 3.63) is 65.7 Å². The summed E-state index contributed by atoms with van der Waals surface area (Å²) in [4.78, 5) is 14.7. The molecular weight excluding hydrogens is 390 g/mol. The molecule has 0 unspecified atom stereocenters. The standard InChI is InChI=1S/C23H26F2N2O3/c1-29-20-6-4-5-18(15-20)21(27-13-2-3-14-27)16-26-22(28)12-9-17-7-10-19(11-8-17)30-23(24)25/h4-12,15,21,23H,2-3,13-14,16H2,1H3,(H,26,28)/b12-9+/t21-/m0/s1. The number of ether oxygens (including phenoxy) is 2. The van der Waals surface area contributed by atoms with Gasteiger partial charge in [0, 0.05) is 12.6 Å². The summed E-state index contributed by atoms with van der Waals surface area (Å²) in [5, 5.41) is 2.97. The summed E-state index contributed by atoms with van der Waals surface area (Å²) < 4.78 is 34.1. The van der Waals surface area contributed by atoms with E-state index in [4.69, 9.17) is 4.74 Å². The van der Waals surface area contributed by atoms with Gasteiger partial charge in [-0.05, 0) is 67.4 Å². The Morgan fingerprint density at radius 3 is 2.53 bits per heavy atom. The first-order chi connectivity index (χ1) is 14.5. The maximum absolute atomic E-state index is 12.3. The topological polar surface area (TPSA) is 50.8 Å². The van der Waals surface area contributed by atoms with E-state index in [1.807, 2.05) is 18.2 Å². The van der Waals surface area contributed by atoms with Crippen LogP contribution in [-0.4, -0.2) is 44.2 Å². The van der Waals surface area contributed by atoms with E-state index in [1.54, 1.807) is 25.3 Å². The van der Waals surface area contributed by atoms with Gasteiger partial charge in [-0.25, -0.2) is 0 Å². The van der Waals surface area contributed by atoms with Crippen molar-refractivity contribution in [1.29, 1.82) is 0 Å². The Balaban J connectivity index is 1.60. The van der Waals surface area contributed by atoms with Crippen LogP contribution in [0.4, 0.5) is 8.78 Å². The number of nitrogens with zero attached hydrogens (tertiary/aromatic N) is 1. The van der Waals surface area contributed by atoms with Gasteiger partial charge in [0.25, 0.3) is 0 Å². The zero-order valence-corrected chi connectivity index (χ0v) is 16.9. The molecule has 3 rings (SSSR count). The minimum absolute atomic E-state index is 0.0747. The number of hydrogen-bond acceptors (Lipinski definition) is 4. The van der Waals surface area contributed by atoms with E-state index in [0.29, 0.717) is 6.54 Å². The van der Waals surface area contributed by atoms with Gasteiger partial charge in [-0.1, -0.05) is 24.3 Å². The van der Waals surface area contributed by atoms with Crippen LogP contribution >= 0.6 is 0 Å². The summed E-state index contributed by atoms with van der Waals surface area (Å²) >= 11 is 0. The first-order valence-corrected chi connectivity index (χ1v) is 9.94. The summed E-state index contributed by atoms with van der Waals surface area (Å²) in [5.74, 6) is 0.663. The van der Waals surface area contributed by atoms with Gasteiger partial charge in [0.05, 0.1) is 13.2 Å². The van der Waals surface area contributed by atoms with Crippen LogP contribution in [0.15, 0.2) is 54.6 Å². The maximum Gasteiger partial charge on any atom is 0.387 e. The fraction of sp³-hybridized carbons (Fsp3) is 0.348. The highest BCUT2D eigenvalue weighted by Crippen LogP contribution is 2.27. The van der Waals surface area contributed by atoms with E-state index in [2.05, 4.69) is 21.0 Å². The number of alkyl halides is 2. The molecule has 2 aromatic carbocycles. The number of carbonyl (C=O) groups is 1. The second-order valence-electron chi connectivity index (χ2n) is 7.06. The molecule has 1 heterocycles. The molecular formula is C23H26F2N2O3. The molecule has 7 heteroatoms. The number of carbonyl (C=O) groups excluding carboxylic acids is 1. The van der Waals surface area contributed by atoms with Crippen LogP contribution in [-0.2, 0) is 4.79 Å². The molecule has 160 valence electrons. The highest BCUT2D eigenvalue weighted by molar-refractivity contribution is 5.91. The van der Waals surface area contributed by atoms with Crippen LogP contribution in [0.5, 0.6) is 11.5 Å². The first-order valence-electron chi connectivity index (χ1n) is 9.94. The molecule has 1 N–H and O–H groups in total. The Bertz CT molecular complexity index is 850. The number of benzene rings is 2. The van der Waals surface area contributed by atoms with Crippen molar-refractivity contribution in [2.45, 2.75) is 25.5 Å². The predicted octanol–water partition coefficient (Wildman–Crippen LogP) is 4.26. The average molecular weight is 416 g/mol. The quantitative estimate of drug-likeness (QED) is 0.621. The van der Waals surface area contributed by atoms with Crippen molar-refractivity contribution in [2.75, 3.05) is 26.7 Å². The molecule has 1 amide bonds. The molecule has 1 aliphatic rings. The van der Waals surface area contributed by atoms with Gasteiger partial charge in [0.15, 0.2) is 0 Å². The van der Waals surface area contributed by atoms with Crippen LogP contribution in [0.2, 0.25) is 0 Å². The maximum atomic E-state index is 12.3. The normalized spacial score (nSPS) is 15.5. The van der Waals surface area contributed by atoms with E-state index < -0.39 is 6.61 Å². The summed E-state index contributed by atoms with van der Waals surface area (Å²) in [5.41, 5.74) is 1.82. The number of hydrogen-bond donors (Lipinski definition) is 1. The highest BCUT2D eigenvalue weighted by Gasteiger charge is 2.24. The van der Waals surface area contributed by atoms with Gasteiger partial charge >= 0.3 is 6.61 Å². The predicted molar refractivity (Wildman–Crippen MR) is 112 cm³/mol. The summed E-state index contributed by atoms with van der Waals surface area (Å²) in [6.45, 7) is -0.371. The second kappa shape index (κ2) is 10.7. The van der Waals surface area contributed by atoms with Crippen LogP contribution in [0.25, 0.3) is 6.08 Å². The van der Waals surface area contributed by atoms with Gasteiger partial charge in [-0.3, -0.25) is 9.69 Å². The minimum atomic E-state index is -2.86. The second-order valence-corrected chi connectivity index (χ2v) is 7.06. The third kappa shape index (κ3) is 6.29. The zero-order valence-electron chi connectivity index (χ0n) is 16.9. The molecule has 0 saturated carbocycles. The Morgan fingerprint density at radius 2 is 1.87 bits per heavy atom. The highest BCUT2D eigenvalue weighted by atomic mass is 19.3. The van der Waals surface area contributed by atoms with Gasteiger partial charge in [-0.15, -0.1) is 0 Å². The van der Waals surface area contributed by atoms with Crippen molar-refractivity contribution >= 4 is 12.0 Å². The minimum Gasteiger partial charge on any atom is -0.497 e. The van der Waals surface area contributed by atoms with Crippen molar-refractivity contribution < 1.29 is 23.0 Å². The lowest BCUT2D eigenvalue weighted by atomic mass is 10.0. The lowest BCUT2D eigenvalue weighted by Gasteiger charge is -2.28. The number of methoxy groups -OCH3 is 1. The Labute approximate surface area is 175 Å². The molecule has 30 heavy (non-hydrogen) atoms. The molecule has 2 aromatic rings.